The van der Waals surface area contributed by atoms with Crippen molar-refractivity contribution in [3.05, 3.63) is 64.7 Å². The molecule has 0 radical (unpaired) electrons. The Kier molecular flexibility index (Phi) is 6.07. The Labute approximate surface area is 190 Å². The number of fused-ring (bicyclic) bond motifs is 1. The van der Waals surface area contributed by atoms with Crippen molar-refractivity contribution in [2.45, 2.75) is 26.5 Å². The van der Waals surface area contributed by atoms with Crippen LogP contribution in [0.25, 0.3) is 11.0 Å². The molecule has 0 spiro atoms. The summed E-state index contributed by atoms with van der Waals surface area (Å²) in [7, 11) is 0. The first-order valence-corrected chi connectivity index (χ1v) is 11.2. The number of aryl methyl sites for hydroxylation is 2. The largest absolute Gasteiger partial charge is 0.468 e. The minimum absolute atomic E-state index is 0.0445. The van der Waals surface area contributed by atoms with Crippen LogP contribution in [0.1, 0.15) is 17.9 Å². The van der Waals surface area contributed by atoms with Gasteiger partial charge in [0.1, 0.15) is 18.1 Å². The molecule has 1 aromatic carbocycles. The minimum atomic E-state index is -0.0445. The Hall–Kier alpha value is -3.66. The van der Waals surface area contributed by atoms with Crippen molar-refractivity contribution < 1.29 is 9.26 Å². The minimum Gasteiger partial charge on any atom is -0.468 e. The fourth-order valence-electron chi connectivity index (χ4n) is 4.23. The fraction of sp³-hybridized carbons (Fsp3) is 0.391. The molecule has 0 bridgehead atoms. The average molecular weight is 450 g/mol. The summed E-state index contributed by atoms with van der Waals surface area (Å²) < 4.78 is 12.8. The third-order valence-corrected chi connectivity index (χ3v) is 5.89. The lowest BCUT2D eigenvalue weighted by Gasteiger charge is -2.35. The second-order valence-corrected chi connectivity index (χ2v) is 8.18. The highest BCUT2D eigenvalue weighted by Gasteiger charge is 2.22. The molecule has 1 aliphatic heterocycles. The van der Waals surface area contributed by atoms with Crippen LogP contribution in [0.15, 0.2) is 52.0 Å². The van der Waals surface area contributed by atoms with Gasteiger partial charge in [0, 0.05) is 51.2 Å². The van der Waals surface area contributed by atoms with E-state index in [-0.39, 0.29) is 12.3 Å². The number of para-hydroxylation sites is 2. The molecular weight excluding hydrogens is 422 g/mol. The molecule has 172 valence electrons. The highest BCUT2D eigenvalue weighted by Crippen LogP contribution is 2.24. The molecule has 4 aromatic rings. The number of nitrogens with zero attached hydrogens (tertiary/aromatic N) is 6. The van der Waals surface area contributed by atoms with E-state index in [0.717, 1.165) is 67.5 Å². The number of hydrogen-bond acceptors (Lipinski definition) is 8. The number of rotatable bonds is 8. The zero-order valence-electron chi connectivity index (χ0n) is 18.6. The van der Waals surface area contributed by atoms with Gasteiger partial charge in [0.15, 0.2) is 5.82 Å². The predicted molar refractivity (Wildman–Crippen MR) is 123 cm³/mol. The molecule has 5 rings (SSSR count). The highest BCUT2D eigenvalue weighted by atomic mass is 16.5. The monoisotopic (exact) mass is 449 g/mol. The Bertz CT molecular complexity index is 1270. The van der Waals surface area contributed by atoms with Crippen molar-refractivity contribution in [1.82, 2.24) is 29.6 Å². The second kappa shape index (κ2) is 9.45. The molecule has 33 heavy (non-hydrogen) atoms. The zero-order valence-corrected chi connectivity index (χ0v) is 18.6. The lowest BCUT2D eigenvalue weighted by atomic mass is 10.2. The van der Waals surface area contributed by atoms with Crippen molar-refractivity contribution in [3.8, 4) is 5.88 Å². The molecule has 0 atom stereocenters. The molecule has 1 N–H and O–H groups in total. The summed E-state index contributed by atoms with van der Waals surface area (Å²) in [6.07, 6.45) is 4.24. The summed E-state index contributed by atoms with van der Waals surface area (Å²) in [6.45, 7) is 7.29. The predicted octanol–water partition coefficient (Wildman–Crippen LogP) is 2.21. The van der Waals surface area contributed by atoms with Crippen LogP contribution < -0.4 is 15.3 Å². The van der Waals surface area contributed by atoms with Gasteiger partial charge in [-0.2, -0.15) is 0 Å². The van der Waals surface area contributed by atoms with Gasteiger partial charge < -0.3 is 19.1 Å². The van der Waals surface area contributed by atoms with E-state index < -0.39 is 0 Å². The normalized spacial score (nSPS) is 14.8. The molecule has 10 heteroatoms. The Morgan fingerprint density at radius 1 is 1.09 bits per heavy atom. The maximum atomic E-state index is 12.3. The first kappa shape index (κ1) is 21.2. The van der Waals surface area contributed by atoms with Crippen molar-refractivity contribution in [3.63, 3.8) is 0 Å². The van der Waals surface area contributed by atoms with Crippen LogP contribution in [0, 0.1) is 6.92 Å². The van der Waals surface area contributed by atoms with Crippen LogP contribution >= 0.6 is 0 Å². The van der Waals surface area contributed by atoms with E-state index in [1.807, 2.05) is 41.8 Å². The summed E-state index contributed by atoms with van der Waals surface area (Å²) in [5.41, 5.74) is 2.53. The van der Waals surface area contributed by atoms with Gasteiger partial charge in [-0.15, -0.1) is 0 Å². The third kappa shape index (κ3) is 4.75. The van der Waals surface area contributed by atoms with E-state index in [1.54, 1.807) is 12.4 Å². The smallest absolute Gasteiger partial charge is 0.326 e. The SMILES string of the molecule is Cc1cc(COc2nccnc2N2CCN(CCCn3c(=O)[nH]c4ccccc43)CC2)no1. The quantitative estimate of drug-likeness (QED) is 0.437. The van der Waals surface area contributed by atoms with Gasteiger partial charge in [-0.3, -0.25) is 9.47 Å². The van der Waals surface area contributed by atoms with E-state index in [4.69, 9.17) is 9.26 Å². The maximum Gasteiger partial charge on any atom is 0.326 e. The number of ether oxygens (including phenoxy) is 1. The van der Waals surface area contributed by atoms with E-state index in [2.05, 4.69) is 29.9 Å². The summed E-state index contributed by atoms with van der Waals surface area (Å²) in [5, 5.41) is 3.96. The second-order valence-electron chi connectivity index (χ2n) is 8.18. The first-order valence-electron chi connectivity index (χ1n) is 11.2. The molecule has 0 saturated carbocycles. The van der Waals surface area contributed by atoms with Gasteiger partial charge in [0.25, 0.3) is 5.88 Å². The molecule has 0 amide bonds. The van der Waals surface area contributed by atoms with E-state index >= 15 is 0 Å². The van der Waals surface area contributed by atoms with Crippen molar-refractivity contribution in [2.24, 2.45) is 0 Å². The zero-order chi connectivity index (χ0) is 22.6. The molecule has 1 aliphatic rings. The van der Waals surface area contributed by atoms with Crippen LogP contribution in [0.3, 0.4) is 0 Å². The van der Waals surface area contributed by atoms with Crippen molar-refractivity contribution >= 4 is 16.9 Å². The van der Waals surface area contributed by atoms with Gasteiger partial charge in [-0.05, 0) is 32.0 Å². The number of piperazine rings is 1. The van der Waals surface area contributed by atoms with Gasteiger partial charge in [0.05, 0.1) is 11.0 Å². The number of aromatic nitrogens is 5. The molecule has 0 aliphatic carbocycles. The van der Waals surface area contributed by atoms with Crippen LogP contribution in [-0.2, 0) is 13.2 Å². The number of nitrogens with one attached hydrogen (secondary N) is 1. The maximum absolute atomic E-state index is 12.3. The molecule has 0 unspecified atom stereocenters. The molecule has 3 aromatic heterocycles. The number of hydrogen-bond donors (Lipinski definition) is 1. The third-order valence-electron chi connectivity index (χ3n) is 5.89. The molecule has 1 fully saturated rings. The van der Waals surface area contributed by atoms with E-state index in [9.17, 15) is 4.79 Å². The number of imidazole rings is 1. The lowest BCUT2D eigenvalue weighted by molar-refractivity contribution is 0.246. The summed E-state index contributed by atoms with van der Waals surface area (Å²) in [5.74, 6) is 2.01. The Morgan fingerprint density at radius 3 is 2.73 bits per heavy atom. The van der Waals surface area contributed by atoms with Crippen LogP contribution in [-0.4, -0.2) is 62.3 Å². The molecule has 4 heterocycles. The summed E-state index contributed by atoms with van der Waals surface area (Å²) in [6, 6.07) is 9.66. The molecule has 1 saturated heterocycles. The van der Waals surface area contributed by atoms with Crippen molar-refractivity contribution in [1.29, 1.82) is 0 Å². The fourth-order valence-corrected chi connectivity index (χ4v) is 4.23. The van der Waals surface area contributed by atoms with Crippen LogP contribution in [0.5, 0.6) is 5.88 Å². The highest BCUT2D eigenvalue weighted by molar-refractivity contribution is 5.74. The topological polar surface area (TPSA) is 105 Å². The summed E-state index contributed by atoms with van der Waals surface area (Å²) >= 11 is 0. The number of H-pyrrole nitrogens is 1. The molecular formula is C23H27N7O3. The standard InChI is InChI=1S/C23H27N7O3/c1-17-15-18(27-33-17)16-32-22-21(24-7-8-25-22)29-13-11-28(12-14-29)9-4-10-30-20-6-3-2-5-19(20)26-23(30)31/h2-3,5-8,15H,4,9-14,16H2,1H3,(H,26,31). The summed E-state index contributed by atoms with van der Waals surface area (Å²) in [4.78, 5) is 28.7. The van der Waals surface area contributed by atoms with Crippen LogP contribution in [0.2, 0.25) is 0 Å². The van der Waals surface area contributed by atoms with Gasteiger partial charge >= 0.3 is 5.69 Å². The average Bonchev–Trinajstić information content (AvgIpc) is 3.40. The number of aromatic amines is 1. The number of benzene rings is 1. The molecule has 10 nitrogen and oxygen atoms in total. The Morgan fingerprint density at radius 2 is 1.91 bits per heavy atom. The van der Waals surface area contributed by atoms with Gasteiger partial charge in [0.2, 0.25) is 0 Å². The first-order chi connectivity index (χ1) is 16.2. The Balaban J connectivity index is 1.14. The van der Waals surface area contributed by atoms with Gasteiger partial charge in [-0.1, -0.05) is 17.3 Å². The number of anilines is 1. The van der Waals surface area contributed by atoms with E-state index in [0.29, 0.717) is 12.4 Å². The lowest BCUT2D eigenvalue weighted by Crippen LogP contribution is -2.47. The van der Waals surface area contributed by atoms with Crippen LogP contribution in [0.4, 0.5) is 5.82 Å². The van der Waals surface area contributed by atoms with Gasteiger partial charge in [-0.25, -0.2) is 14.8 Å². The van der Waals surface area contributed by atoms with E-state index in [1.165, 1.54) is 0 Å². The van der Waals surface area contributed by atoms with Crippen molar-refractivity contribution in [2.75, 3.05) is 37.6 Å².